The molecule has 2 atom stereocenters. The fourth-order valence-corrected chi connectivity index (χ4v) is 2.01. The number of aliphatic hydroxyl groups excluding tert-OH is 1. The first-order valence-electron chi connectivity index (χ1n) is 7.26. The molecule has 2 amide bonds. The minimum Gasteiger partial charge on any atom is -0.481 e. The number of aliphatic carboxylic acids is 1. The van der Waals surface area contributed by atoms with Crippen molar-refractivity contribution in [2.75, 3.05) is 6.54 Å². The van der Waals surface area contributed by atoms with Crippen molar-refractivity contribution < 1.29 is 33.0 Å². The van der Waals surface area contributed by atoms with E-state index in [1.807, 2.05) is 0 Å². The Morgan fingerprint density at radius 3 is 2.25 bits per heavy atom. The van der Waals surface area contributed by atoms with Gasteiger partial charge in [-0.1, -0.05) is 19.1 Å². The van der Waals surface area contributed by atoms with Gasteiger partial charge in [0.2, 0.25) is 0 Å². The number of carbonyl (C=O) groups excluding carboxylic acids is 1. The minimum atomic E-state index is -4.46. The lowest BCUT2D eigenvalue weighted by molar-refractivity contribution is -0.138. The molecule has 6 nitrogen and oxygen atoms in total. The first-order chi connectivity index (χ1) is 11.1. The molecule has 0 spiro atoms. The molecule has 24 heavy (non-hydrogen) atoms. The molecule has 0 aromatic heterocycles. The van der Waals surface area contributed by atoms with Gasteiger partial charge in [0.05, 0.1) is 24.1 Å². The fourth-order valence-electron chi connectivity index (χ4n) is 2.01. The molecule has 0 aliphatic rings. The molecule has 0 radical (unpaired) electrons. The number of hydrogen-bond donors (Lipinski definition) is 4. The van der Waals surface area contributed by atoms with Crippen LogP contribution in [0.5, 0.6) is 0 Å². The summed E-state index contributed by atoms with van der Waals surface area (Å²) in [5, 5.41) is 23.5. The van der Waals surface area contributed by atoms with E-state index in [0.717, 1.165) is 24.3 Å². The molecule has 0 fully saturated rings. The van der Waals surface area contributed by atoms with Crippen molar-refractivity contribution in [3.63, 3.8) is 0 Å². The van der Waals surface area contributed by atoms with Crippen molar-refractivity contribution in [1.82, 2.24) is 10.6 Å². The molecule has 1 rings (SSSR count). The molecule has 1 aromatic rings. The predicted molar refractivity (Wildman–Crippen MR) is 79.3 cm³/mol. The maximum atomic E-state index is 12.5. The molecular weight excluding hydrogens is 329 g/mol. The summed E-state index contributed by atoms with van der Waals surface area (Å²) >= 11 is 0. The third-order valence-corrected chi connectivity index (χ3v) is 3.34. The second-order valence-electron chi connectivity index (χ2n) is 5.12. The Balaban J connectivity index is 2.67. The number of hydrogen-bond acceptors (Lipinski definition) is 3. The van der Waals surface area contributed by atoms with Crippen LogP contribution in [-0.4, -0.2) is 34.8 Å². The van der Waals surface area contributed by atoms with Gasteiger partial charge in [0, 0.05) is 6.54 Å². The van der Waals surface area contributed by atoms with E-state index in [-0.39, 0.29) is 18.5 Å². The van der Waals surface area contributed by atoms with Gasteiger partial charge in [-0.05, 0) is 24.1 Å². The lowest BCUT2D eigenvalue weighted by Gasteiger charge is -2.23. The van der Waals surface area contributed by atoms with Gasteiger partial charge in [-0.2, -0.15) is 13.2 Å². The Kier molecular flexibility index (Phi) is 7.02. The second-order valence-corrected chi connectivity index (χ2v) is 5.12. The zero-order chi connectivity index (χ0) is 18.3. The number of amides is 2. The Morgan fingerprint density at radius 1 is 1.21 bits per heavy atom. The lowest BCUT2D eigenvalue weighted by atomic mass is 9.99. The van der Waals surface area contributed by atoms with E-state index in [4.69, 9.17) is 5.11 Å². The monoisotopic (exact) mass is 348 g/mol. The summed E-state index contributed by atoms with van der Waals surface area (Å²) in [7, 11) is 0. The van der Waals surface area contributed by atoms with E-state index < -0.39 is 35.9 Å². The zero-order valence-corrected chi connectivity index (χ0v) is 12.9. The number of carbonyl (C=O) groups is 2. The van der Waals surface area contributed by atoms with Gasteiger partial charge in [-0.3, -0.25) is 4.79 Å². The van der Waals surface area contributed by atoms with Gasteiger partial charge in [0.1, 0.15) is 0 Å². The lowest BCUT2D eigenvalue weighted by Crippen LogP contribution is -2.45. The van der Waals surface area contributed by atoms with E-state index >= 15 is 0 Å². The number of urea groups is 1. The summed E-state index contributed by atoms with van der Waals surface area (Å²) in [4.78, 5) is 22.0. The topological polar surface area (TPSA) is 98.7 Å². The normalized spacial score (nSPS) is 13.9. The van der Waals surface area contributed by atoms with Crippen molar-refractivity contribution in [2.24, 2.45) is 0 Å². The van der Waals surface area contributed by atoms with Gasteiger partial charge >= 0.3 is 18.2 Å². The summed E-state index contributed by atoms with van der Waals surface area (Å²) in [6.45, 7) is 1.61. The highest BCUT2D eigenvalue weighted by Crippen LogP contribution is 2.30. The van der Waals surface area contributed by atoms with E-state index in [2.05, 4.69) is 10.6 Å². The first-order valence-corrected chi connectivity index (χ1v) is 7.26. The van der Waals surface area contributed by atoms with E-state index in [0.29, 0.717) is 6.42 Å². The molecule has 0 bridgehead atoms. The number of nitrogens with one attached hydrogen (secondary N) is 2. The number of carboxylic acid groups (broad SMARTS) is 1. The predicted octanol–water partition coefficient (Wildman–Crippen LogP) is 2.29. The van der Waals surface area contributed by atoms with Gasteiger partial charge < -0.3 is 20.8 Å². The van der Waals surface area contributed by atoms with E-state index in [1.54, 1.807) is 6.92 Å². The van der Waals surface area contributed by atoms with Gasteiger partial charge in [-0.25, -0.2) is 4.79 Å². The van der Waals surface area contributed by atoms with Crippen LogP contribution in [0.3, 0.4) is 0 Å². The summed E-state index contributed by atoms with van der Waals surface area (Å²) < 4.78 is 37.6. The highest BCUT2D eigenvalue weighted by Gasteiger charge is 2.30. The van der Waals surface area contributed by atoms with Crippen LogP contribution in [0, 0.1) is 0 Å². The third-order valence-electron chi connectivity index (χ3n) is 3.34. The van der Waals surface area contributed by atoms with Crippen LogP contribution in [-0.2, 0) is 11.0 Å². The molecule has 0 aliphatic carbocycles. The Labute approximate surface area is 136 Å². The number of aliphatic hydroxyl groups is 1. The Bertz CT molecular complexity index is 561. The Morgan fingerprint density at radius 2 is 1.79 bits per heavy atom. The number of alkyl halides is 3. The van der Waals surface area contributed by atoms with E-state index in [9.17, 15) is 27.9 Å². The van der Waals surface area contributed by atoms with Crippen LogP contribution in [0.25, 0.3) is 0 Å². The van der Waals surface area contributed by atoms with Crippen molar-refractivity contribution in [1.29, 1.82) is 0 Å². The van der Waals surface area contributed by atoms with Crippen LogP contribution < -0.4 is 10.6 Å². The molecule has 0 heterocycles. The van der Waals surface area contributed by atoms with Crippen molar-refractivity contribution in [2.45, 2.75) is 38.1 Å². The summed E-state index contributed by atoms with van der Waals surface area (Å²) in [6, 6.07) is 2.64. The average Bonchev–Trinajstić information content (AvgIpc) is 2.51. The molecule has 0 saturated carbocycles. The molecule has 0 aliphatic heterocycles. The molecule has 134 valence electrons. The summed E-state index contributed by atoms with van der Waals surface area (Å²) in [5.74, 6) is -1.06. The number of benzene rings is 1. The number of halogens is 3. The van der Waals surface area contributed by atoms with Gasteiger partial charge in [-0.15, -0.1) is 0 Å². The third kappa shape index (κ3) is 6.07. The molecule has 0 saturated heterocycles. The molecule has 2 unspecified atom stereocenters. The highest BCUT2D eigenvalue weighted by molar-refractivity contribution is 5.75. The standard InChI is InChI=1S/C15H19F3N2O4/c1-2-11(20-14(24)19-8-7-12(21)22)13(23)9-3-5-10(6-4-9)15(16,17)18/h3-6,11,13,23H,2,7-8H2,1H3,(H,21,22)(H2,19,20,24). The van der Waals surface area contributed by atoms with Gasteiger partial charge in [0.25, 0.3) is 0 Å². The smallest absolute Gasteiger partial charge is 0.416 e. The van der Waals surface area contributed by atoms with E-state index in [1.165, 1.54) is 0 Å². The Hall–Kier alpha value is -2.29. The molecule has 1 aromatic carbocycles. The second kappa shape index (κ2) is 8.53. The maximum absolute atomic E-state index is 12.5. The van der Waals surface area contributed by atoms with Crippen molar-refractivity contribution in [3.8, 4) is 0 Å². The van der Waals surface area contributed by atoms with Crippen LogP contribution >= 0.6 is 0 Å². The zero-order valence-electron chi connectivity index (χ0n) is 12.9. The molecular formula is C15H19F3N2O4. The summed E-state index contributed by atoms with van der Waals surface area (Å²) in [6.07, 6.45) is -5.57. The quantitative estimate of drug-likeness (QED) is 0.608. The summed E-state index contributed by atoms with van der Waals surface area (Å²) in [5.41, 5.74) is -0.591. The largest absolute Gasteiger partial charge is 0.481 e. The van der Waals surface area contributed by atoms with Crippen LogP contribution in [0.4, 0.5) is 18.0 Å². The van der Waals surface area contributed by atoms with Crippen LogP contribution in [0.2, 0.25) is 0 Å². The van der Waals surface area contributed by atoms with Crippen LogP contribution in [0.1, 0.15) is 37.0 Å². The fraction of sp³-hybridized carbons (Fsp3) is 0.467. The maximum Gasteiger partial charge on any atom is 0.416 e. The van der Waals surface area contributed by atoms with Gasteiger partial charge in [0.15, 0.2) is 0 Å². The molecule has 9 heteroatoms. The van der Waals surface area contributed by atoms with Crippen molar-refractivity contribution in [3.05, 3.63) is 35.4 Å². The average molecular weight is 348 g/mol. The van der Waals surface area contributed by atoms with Crippen LogP contribution in [0.15, 0.2) is 24.3 Å². The number of rotatable bonds is 7. The first kappa shape index (κ1) is 19.8. The number of carboxylic acids is 1. The SMILES string of the molecule is CCC(NC(=O)NCCC(=O)O)C(O)c1ccc(C(F)(F)F)cc1. The van der Waals surface area contributed by atoms with Crippen molar-refractivity contribution >= 4 is 12.0 Å². The molecule has 4 N–H and O–H groups in total. The minimum absolute atomic E-state index is 0.0754. The highest BCUT2D eigenvalue weighted by atomic mass is 19.4.